The number of nitrogens with one attached hydrogen (secondary N) is 1. The summed E-state index contributed by atoms with van der Waals surface area (Å²) in [6.07, 6.45) is 0.817. The zero-order chi connectivity index (χ0) is 10.4. The minimum Gasteiger partial charge on any atom is -0.378 e. The van der Waals surface area contributed by atoms with Gasteiger partial charge in [0.15, 0.2) is 0 Å². The molecule has 1 aliphatic heterocycles. The van der Waals surface area contributed by atoms with Crippen LogP contribution in [0, 0.1) is 0 Å². The summed E-state index contributed by atoms with van der Waals surface area (Å²) in [5, 5.41) is 2.73. The fraction of sp³-hybridized carbons (Fsp3) is 0.778. The van der Waals surface area contributed by atoms with Crippen LogP contribution in [0.15, 0.2) is 0 Å². The maximum Gasteiger partial charge on any atom is 0.239 e. The van der Waals surface area contributed by atoms with Crippen LogP contribution in [0.3, 0.4) is 0 Å². The molecule has 1 rings (SSSR count). The van der Waals surface area contributed by atoms with E-state index in [0.717, 1.165) is 6.29 Å². The van der Waals surface area contributed by atoms with E-state index in [2.05, 4.69) is 5.32 Å². The summed E-state index contributed by atoms with van der Waals surface area (Å²) in [7, 11) is 0. The lowest BCUT2D eigenvalue weighted by Gasteiger charge is -2.32. The number of carbonyl (C=O) groups is 2. The third-order valence-corrected chi connectivity index (χ3v) is 2.20. The fourth-order valence-corrected chi connectivity index (χ4v) is 1.49. The van der Waals surface area contributed by atoms with Crippen molar-refractivity contribution in [2.24, 2.45) is 0 Å². The normalized spacial score (nSPS) is 23.1. The lowest BCUT2D eigenvalue weighted by Crippen LogP contribution is -2.54. The molecule has 1 atom stereocenters. The molecular weight excluding hydrogens is 184 g/mol. The number of hydrogen-bond acceptors (Lipinski definition) is 4. The van der Waals surface area contributed by atoms with Gasteiger partial charge in [-0.25, -0.2) is 0 Å². The van der Waals surface area contributed by atoms with Crippen molar-refractivity contribution in [1.82, 2.24) is 10.2 Å². The fourth-order valence-electron chi connectivity index (χ4n) is 1.49. The van der Waals surface area contributed by atoms with E-state index in [1.807, 2.05) is 11.8 Å². The SMILES string of the molecule is CCNC(=O)C1COCCN1CC=O. The first-order valence-electron chi connectivity index (χ1n) is 4.82. The van der Waals surface area contributed by atoms with Gasteiger partial charge >= 0.3 is 0 Å². The highest BCUT2D eigenvalue weighted by atomic mass is 16.5. The van der Waals surface area contributed by atoms with Crippen molar-refractivity contribution in [3.05, 3.63) is 0 Å². The highest BCUT2D eigenvalue weighted by molar-refractivity contribution is 5.82. The second kappa shape index (κ2) is 5.72. The number of nitrogens with zero attached hydrogens (tertiary/aromatic N) is 1. The number of morpholine rings is 1. The molecule has 1 unspecified atom stereocenters. The molecule has 0 aromatic carbocycles. The molecule has 1 N–H and O–H groups in total. The van der Waals surface area contributed by atoms with Crippen LogP contribution in [0.25, 0.3) is 0 Å². The Labute approximate surface area is 83.4 Å². The first-order valence-corrected chi connectivity index (χ1v) is 4.82. The number of ether oxygens (including phenoxy) is 1. The maximum atomic E-state index is 11.5. The molecular formula is C9H16N2O3. The molecule has 0 bridgehead atoms. The molecule has 80 valence electrons. The Kier molecular flexibility index (Phi) is 4.55. The van der Waals surface area contributed by atoms with Crippen LogP contribution in [0.4, 0.5) is 0 Å². The lowest BCUT2D eigenvalue weighted by atomic mass is 10.2. The Balaban J connectivity index is 2.52. The summed E-state index contributed by atoms with van der Waals surface area (Å²) < 4.78 is 5.21. The highest BCUT2D eigenvalue weighted by Crippen LogP contribution is 2.05. The molecule has 0 aliphatic carbocycles. The summed E-state index contributed by atoms with van der Waals surface area (Å²) in [6.45, 7) is 4.37. The van der Waals surface area contributed by atoms with Crippen molar-refractivity contribution < 1.29 is 14.3 Å². The van der Waals surface area contributed by atoms with Crippen molar-refractivity contribution in [3.8, 4) is 0 Å². The molecule has 1 fully saturated rings. The molecule has 0 aromatic heterocycles. The average molecular weight is 200 g/mol. The van der Waals surface area contributed by atoms with Crippen LogP contribution in [-0.4, -0.2) is 56.0 Å². The molecule has 0 saturated carbocycles. The van der Waals surface area contributed by atoms with Gasteiger partial charge in [-0.05, 0) is 6.92 Å². The molecule has 14 heavy (non-hydrogen) atoms. The minimum absolute atomic E-state index is 0.0611. The van der Waals surface area contributed by atoms with Crippen LogP contribution in [0.2, 0.25) is 0 Å². The van der Waals surface area contributed by atoms with E-state index < -0.39 is 0 Å². The standard InChI is InChI=1S/C9H16N2O3/c1-2-10-9(13)8-7-14-6-4-11(8)3-5-12/h5,8H,2-4,6-7H2,1H3,(H,10,13). The molecule has 5 nitrogen and oxygen atoms in total. The number of rotatable bonds is 4. The van der Waals surface area contributed by atoms with Gasteiger partial charge in [-0.3, -0.25) is 9.69 Å². The zero-order valence-electron chi connectivity index (χ0n) is 8.36. The van der Waals surface area contributed by atoms with E-state index >= 15 is 0 Å². The number of hydrogen-bond donors (Lipinski definition) is 1. The van der Waals surface area contributed by atoms with Crippen molar-refractivity contribution in [1.29, 1.82) is 0 Å². The van der Waals surface area contributed by atoms with E-state index in [9.17, 15) is 9.59 Å². The Hall–Kier alpha value is -0.940. The summed E-state index contributed by atoms with van der Waals surface area (Å²) in [4.78, 5) is 23.8. The zero-order valence-corrected chi connectivity index (χ0v) is 8.36. The molecule has 0 spiro atoms. The molecule has 1 aliphatic rings. The number of aldehydes is 1. The van der Waals surface area contributed by atoms with Crippen LogP contribution in [-0.2, 0) is 14.3 Å². The number of amides is 1. The van der Waals surface area contributed by atoms with Gasteiger partial charge < -0.3 is 14.8 Å². The van der Waals surface area contributed by atoms with Crippen LogP contribution < -0.4 is 5.32 Å². The predicted molar refractivity (Wildman–Crippen MR) is 50.9 cm³/mol. The second-order valence-corrected chi connectivity index (χ2v) is 3.15. The Morgan fingerprint density at radius 3 is 3.14 bits per heavy atom. The number of carbonyl (C=O) groups excluding carboxylic acids is 2. The Bertz CT molecular complexity index is 208. The van der Waals surface area contributed by atoms with Crippen molar-refractivity contribution >= 4 is 12.2 Å². The van der Waals surface area contributed by atoms with Crippen molar-refractivity contribution in [2.45, 2.75) is 13.0 Å². The van der Waals surface area contributed by atoms with Gasteiger partial charge in [-0.15, -0.1) is 0 Å². The van der Waals surface area contributed by atoms with E-state index in [0.29, 0.717) is 32.8 Å². The summed E-state index contributed by atoms with van der Waals surface area (Å²) >= 11 is 0. The molecule has 0 aromatic rings. The van der Waals surface area contributed by atoms with Gasteiger partial charge in [0.1, 0.15) is 12.3 Å². The Morgan fingerprint density at radius 2 is 2.50 bits per heavy atom. The van der Waals surface area contributed by atoms with Crippen molar-refractivity contribution in [2.75, 3.05) is 32.8 Å². The number of likely N-dealkylation sites (N-methyl/N-ethyl adjacent to an activating group) is 1. The van der Waals surface area contributed by atoms with Crippen LogP contribution in [0.1, 0.15) is 6.92 Å². The maximum absolute atomic E-state index is 11.5. The molecule has 1 saturated heterocycles. The van der Waals surface area contributed by atoms with E-state index in [1.165, 1.54) is 0 Å². The summed E-state index contributed by atoms with van der Waals surface area (Å²) in [5.41, 5.74) is 0. The van der Waals surface area contributed by atoms with Crippen LogP contribution >= 0.6 is 0 Å². The highest BCUT2D eigenvalue weighted by Gasteiger charge is 2.28. The summed E-state index contributed by atoms with van der Waals surface area (Å²) in [5.74, 6) is -0.0611. The lowest BCUT2D eigenvalue weighted by molar-refractivity contribution is -0.133. The third-order valence-electron chi connectivity index (χ3n) is 2.20. The third kappa shape index (κ3) is 2.78. The predicted octanol–water partition coefficient (Wildman–Crippen LogP) is -0.978. The second-order valence-electron chi connectivity index (χ2n) is 3.15. The molecule has 0 radical (unpaired) electrons. The van der Waals surface area contributed by atoms with Gasteiger partial charge in [0.2, 0.25) is 5.91 Å². The van der Waals surface area contributed by atoms with E-state index in [-0.39, 0.29) is 11.9 Å². The Morgan fingerprint density at radius 1 is 1.71 bits per heavy atom. The van der Waals surface area contributed by atoms with Crippen molar-refractivity contribution in [3.63, 3.8) is 0 Å². The molecule has 1 amide bonds. The van der Waals surface area contributed by atoms with E-state index in [1.54, 1.807) is 0 Å². The van der Waals surface area contributed by atoms with Gasteiger partial charge in [-0.2, -0.15) is 0 Å². The minimum atomic E-state index is -0.311. The molecule has 5 heteroatoms. The van der Waals surface area contributed by atoms with Gasteiger partial charge in [0.05, 0.1) is 19.8 Å². The summed E-state index contributed by atoms with van der Waals surface area (Å²) in [6, 6.07) is -0.311. The quantitative estimate of drug-likeness (QED) is 0.593. The monoisotopic (exact) mass is 200 g/mol. The first-order chi connectivity index (χ1) is 6.79. The van der Waals surface area contributed by atoms with Gasteiger partial charge in [0, 0.05) is 13.1 Å². The molecule has 1 heterocycles. The first kappa shape index (κ1) is 11.1. The largest absolute Gasteiger partial charge is 0.378 e. The van der Waals surface area contributed by atoms with Crippen LogP contribution in [0.5, 0.6) is 0 Å². The topological polar surface area (TPSA) is 58.6 Å². The average Bonchev–Trinajstić information content (AvgIpc) is 2.19. The smallest absolute Gasteiger partial charge is 0.239 e. The van der Waals surface area contributed by atoms with Gasteiger partial charge in [0.25, 0.3) is 0 Å². The van der Waals surface area contributed by atoms with Gasteiger partial charge in [-0.1, -0.05) is 0 Å². The van der Waals surface area contributed by atoms with E-state index in [4.69, 9.17) is 4.74 Å².